The lowest BCUT2D eigenvalue weighted by molar-refractivity contribution is -0.148. The molecule has 106 valence electrons. The van der Waals surface area contributed by atoms with Gasteiger partial charge in [0.15, 0.2) is 0 Å². The average molecular weight is 263 g/mol. The molecule has 19 heavy (non-hydrogen) atoms. The molecule has 1 rings (SSSR count). The van der Waals surface area contributed by atoms with Gasteiger partial charge in [-0.05, 0) is 17.9 Å². The lowest BCUT2D eigenvalue weighted by Gasteiger charge is -2.32. The van der Waals surface area contributed by atoms with Gasteiger partial charge in [0.2, 0.25) is 0 Å². The third-order valence-corrected chi connectivity index (χ3v) is 3.73. The lowest BCUT2D eigenvalue weighted by Crippen LogP contribution is -2.45. The summed E-state index contributed by atoms with van der Waals surface area (Å²) in [6.45, 7) is 4.60. The maximum atomic E-state index is 12.3. The molecule has 0 aliphatic heterocycles. The van der Waals surface area contributed by atoms with Gasteiger partial charge in [-0.3, -0.25) is 4.79 Å². The van der Waals surface area contributed by atoms with Gasteiger partial charge in [0, 0.05) is 6.54 Å². The third kappa shape index (κ3) is 3.57. The standard InChI is InChI=1S/C16H25NO2/c1-4-8-13(2)11-16(12-17,15(18)19-3)14-9-6-5-7-10-14/h5-7,9-10,13H,4,8,11-12,17H2,1-3H3. The van der Waals surface area contributed by atoms with E-state index in [1.54, 1.807) is 0 Å². The Hall–Kier alpha value is -1.35. The summed E-state index contributed by atoms with van der Waals surface area (Å²) in [5.74, 6) is 0.206. The predicted molar refractivity (Wildman–Crippen MR) is 77.9 cm³/mol. The monoisotopic (exact) mass is 263 g/mol. The number of ether oxygens (including phenoxy) is 1. The van der Waals surface area contributed by atoms with E-state index in [9.17, 15) is 4.79 Å². The van der Waals surface area contributed by atoms with Crippen molar-refractivity contribution in [1.29, 1.82) is 0 Å². The van der Waals surface area contributed by atoms with E-state index >= 15 is 0 Å². The molecule has 2 N–H and O–H groups in total. The molecule has 0 spiro atoms. The van der Waals surface area contributed by atoms with E-state index in [0.717, 1.165) is 24.8 Å². The minimum atomic E-state index is -0.718. The Kier molecular flexibility index (Phi) is 6.03. The van der Waals surface area contributed by atoms with E-state index in [-0.39, 0.29) is 12.5 Å². The molecule has 1 aromatic carbocycles. The number of carbonyl (C=O) groups excluding carboxylic acids is 1. The highest BCUT2D eigenvalue weighted by Crippen LogP contribution is 2.33. The van der Waals surface area contributed by atoms with E-state index in [4.69, 9.17) is 10.5 Å². The molecule has 0 radical (unpaired) electrons. The molecule has 0 saturated carbocycles. The number of benzene rings is 1. The molecule has 2 unspecified atom stereocenters. The van der Waals surface area contributed by atoms with Crippen molar-refractivity contribution in [3.8, 4) is 0 Å². The third-order valence-electron chi connectivity index (χ3n) is 3.73. The molecule has 0 heterocycles. The fraction of sp³-hybridized carbons (Fsp3) is 0.562. The van der Waals surface area contributed by atoms with Crippen molar-refractivity contribution in [3.05, 3.63) is 35.9 Å². The van der Waals surface area contributed by atoms with Crippen LogP contribution in [0, 0.1) is 5.92 Å². The normalized spacial score (nSPS) is 15.6. The Morgan fingerprint density at radius 2 is 2.00 bits per heavy atom. The number of carbonyl (C=O) groups is 1. The number of esters is 1. The summed E-state index contributed by atoms with van der Waals surface area (Å²) in [6, 6.07) is 9.74. The minimum Gasteiger partial charge on any atom is -0.468 e. The first kappa shape index (κ1) is 15.7. The number of rotatable bonds is 7. The van der Waals surface area contributed by atoms with Gasteiger partial charge in [-0.25, -0.2) is 0 Å². The van der Waals surface area contributed by atoms with Crippen molar-refractivity contribution in [1.82, 2.24) is 0 Å². The van der Waals surface area contributed by atoms with Gasteiger partial charge in [0.05, 0.1) is 7.11 Å². The van der Waals surface area contributed by atoms with Crippen LogP contribution in [0.25, 0.3) is 0 Å². The molecule has 0 aliphatic carbocycles. The zero-order valence-corrected chi connectivity index (χ0v) is 12.2. The van der Waals surface area contributed by atoms with Crippen LogP contribution in [0.5, 0.6) is 0 Å². The Labute approximate surface area is 116 Å². The first-order valence-corrected chi connectivity index (χ1v) is 6.94. The molecule has 0 fully saturated rings. The van der Waals surface area contributed by atoms with Gasteiger partial charge >= 0.3 is 5.97 Å². The first-order chi connectivity index (χ1) is 9.10. The predicted octanol–water partition coefficient (Wildman–Crippen LogP) is 2.88. The topological polar surface area (TPSA) is 52.3 Å². The van der Waals surface area contributed by atoms with Crippen LogP contribution < -0.4 is 5.73 Å². The van der Waals surface area contributed by atoms with Crippen molar-refractivity contribution in [2.45, 2.75) is 38.5 Å². The molecule has 3 heteroatoms. The van der Waals surface area contributed by atoms with Crippen LogP contribution >= 0.6 is 0 Å². The molecule has 0 aromatic heterocycles. The van der Waals surface area contributed by atoms with Crippen LogP contribution in [0.1, 0.15) is 38.7 Å². The van der Waals surface area contributed by atoms with Crippen molar-refractivity contribution in [3.63, 3.8) is 0 Å². The second-order valence-corrected chi connectivity index (χ2v) is 5.24. The molecule has 0 bridgehead atoms. The molecular weight excluding hydrogens is 238 g/mol. The Bertz CT molecular complexity index is 391. The minimum absolute atomic E-state index is 0.232. The van der Waals surface area contributed by atoms with E-state index in [0.29, 0.717) is 5.92 Å². The van der Waals surface area contributed by atoms with E-state index in [2.05, 4.69) is 13.8 Å². The van der Waals surface area contributed by atoms with Crippen LogP contribution in [0.2, 0.25) is 0 Å². The van der Waals surface area contributed by atoms with Crippen LogP contribution in [0.3, 0.4) is 0 Å². The zero-order valence-electron chi connectivity index (χ0n) is 12.2. The average Bonchev–Trinajstić information content (AvgIpc) is 2.45. The molecule has 2 atom stereocenters. The summed E-state index contributed by atoms with van der Waals surface area (Å²) in [6.07, 6.45) is 2.93. The fourth-order valence-corrected chi connectivity index (χ4v) is 2.75. The van der Waals surface area contributed by atoms with Gasteiger partial charge in [-0.2, -0.15) is 0 Å². The first-order valence-electron chi connectivity index (χ1n) is 6.94. The van der Waals surface area contributed by atoms with Crippen LogP contribution in [-0.2, 0) is 14.9 Å². The van der Waals surface area contributed by atoms with Crippen molar-refractivity contribution in [2.75, 3.05) is 13.7 Å². The van der Waals surface area contributed by atoms with Crippen molar-refractivity contribution in [2.24, 2.45) is 11.7 Å². The maximum Gasteiger partial charge on any atom is 0.317 e. The van der Waals surface area contributed by atoms with Gasteiger partial charge in [0.1, 0.15) is 5.41 Å². The van der Waals surface area contributed by atoms with Crippen LogP contribution in [-0.4, -0.2) is 19.6 Å². The second-order valence-electron chi connectivity index (χ2n) is 5.24. The number of methoxy groups -OCH3 is 1. The summed E-state index contributed by atoms with van der Waals surface area (Å²) < 4.78 is 5.02. The summed E-state index contributed by atoms with van der Waals surface area (Å²) in [5, 5.41) is 0. The van der Waals surface area contributed by atoms with Gasteiger partial charge in [-0.1, -0.05) is 57.0 Å². The lowest BCUT2D eigenvalue weighted by atomic mass is 9.73. The highest BCUT2D eigenvalue weighted by atomic mass is 16.5. The number of hydrogen-bond donors (Lipinski definition) is 1. The smallest absolute Gasteiger partial charge is 0.317 e. The van der Waals surface area contributed by atoms with Gasteiger partial charge in [0.25, 0.3) is 0 Å². The summed E-state index contributed by atoms with van der Waals surface area (Å²) in [4.78, 5) is 12.3. The van der Waals surface area contributed by atoms with Crippen LogP contribution in [0.15, 0.2) is 30.3 Å². The van der Waals surface area contributed by atoms with Gasteiger partial charge in [-0.15, -0.1) is 0 Å². The molecule has 1 aromatic rings. The SMILES string of the molecule is CCCC(C)CC(CN)(C(=O)OC)c1ccccc1. The Morgan fingerprint density at radius 3 is 2.47 bits per heavy atom. The quantitative estimate of drug-likeness (QED) is 0.770. The molecule has 3 nitrogen and oxygen atoms in total. The Morgan fingerprint density at radius 1 is 1.37 bits per heavy atom. The molecule has 0 saturated heterocycles. The Balaban J connectivity index is 3.12. The fourth-order valence-electron chi connectivity index (χ4n) is 2.75. The van der Waals surface area contributed by atoms with Crippen molar-refractivity contribution < 1.29 is 9.53 Å². The summed E-state index contributed by atoms with van der Waals surface area (Å²) in [5.41, 5.74) is 6.19. The largest absolute Gasteiger partial charge is 0.468 e. The van der Waals surface area contributed by atoms with Gasteiger partial charge < -0.3 is 10.5 Å². The number of hydrogen-bond acceptors (Lipinski definition) is 3. The molecular formula is C16H25NO2. The van der Waals surface area contributed by atoms with E-state index in [1.807, 2.05) is 30.3 Å². The van der Waals surface area contributed by atoms with E-state index in [1.165, 1.54) is 7.11 Å². The van der Waals surface area contributed by atoms with E-state index < -0.39 is 5.41 Å². The zero-order chi connectivity index (χ0) is 14.3. The van der Waals surface area contributed by atoms with Crippen LogP contribution in [0.4, 0.5) is 0 Å². The highest BCUT2D eigenvalue weighted by molar-refractivity contribution is 5.83. The molecule has 0 aliphatic rings. The highest BCUT2D eigenvalue weighted by Gasteiger charge is 2.41. The molecule has 0 amide bonds. The summed E-state index contributed by atoms with van der Waals surface area (Å²) in [7, 11) is 1.43. The second kappa shape index (κ2) is 7.29. The summed E-state index contributed by atoms with van der Waals surface area (Å²) >= 11 is 0. The maximum absolute atomic E-state index is 12.3. The number of nitrogens with two attached hydrogens (primary N) is 1. The van der Waals surface area contributed by atoms with Crippen molar-refractivity contribution >= 4 is 5.97 Å².